The minimum Gasteiger partial charge on any atom is -0.381 e. The van der Waals surface area contributed by atoms with Crippen molar-refractivity contribution in [3.63, 3.8) is 0 Å². The number of ether oxygens (including phenoxy) is 1. The van der Waals surface area contributed by atoms with E-state index in [0.29, 0.717) is 12.5 Å². The first-order valence-electron chi connectivity index (χ1n) is 8.83. The summed E-state index contributed by atoms with van der Waals surface area (Å²) in [7, 11) is 2.09. The summed E-state index contributed by atoms with van der Waals surface area (Å²) in [6, 6.07) is 10.3. The molecular weight excluding hydrogens is 332 g/mol. The van der Waals surface area contributed by atoms with Crippen LogP contribution in [0.15, 0.2) is 40.7 Å². The summed E-state index contributed by atoms with van der Waals surface area (Å²) in [5.74, 6) is 1.53. The van der Waals surface area contributed by atoms with Crippen LogP contribution in [0.4, 0.5) is 0 Å². The van der Waals surface area contributed by atoms with Gasteiger partial charge in [-0.2, -0.15) is 0 Å². The molecule has 0 spiro atoms. The third-order valence-corrected chi connectivity index (χ3v) is 5.16. The Bertz CT molecular complexity index is 680. The van der Waals surface area contributed by atoms with E-state index in [4.69, 9.17) is 14.7 Å². The van der Waals surface area contributed by atoms with Crippen LogP contribution < -0.4 is 5.32 Å². The molecule has 3 rings (SSSR count). The molecule has 1 N–H and O–H groups in total. The maximum Gasteiger partial charge on any atom is 0.194 e. The van der Waals surface area contributed by atoms with Crippen molar-refractivity contribution in [3.05, 3.63) is 41.4 Å². The van der Waals surface area contributed by atoms with Crippen molar-refractivity contribution >= 4 is 17.3 Å². The van der Waals surface area contributed by atoms with Gasteiger partial charge < -0.3 is 15.0 Å². The van der Waals surface area contributed by atoms with Gasteiger partial charge in [0.2, 0.25) is 0 Å². The van der Waals surface area contributed by atoms with E-state index >= 15 is 0 Å². The van der Waals surface area contributed by atoms with Crippen LogP contribution in [-0.4, -0.2) is 49.2 Å². The molecule has 0 bridgehead atoms. The third-order valence-electron chi connectivity index (χ3n) is 4.22. The average molecular weight is 359 g/mol. The fraction of sp³-hybridized carbons (Fsp3) is 0.474. The molecule has 25 heavy (non-hydrogen) atoms. The highest BCUT2D eigenvalue weighted by atomic mass is 32.1. The number of aromatic nitrogens is 1. The predicted octanol–water partition coefficient (Wildman–Crippen LogP) is 3.24. The van der Waals surface area contributed by atoms with E-state index in [2.05, 4.69) is 41.7 Å². The molecule has 6 heteroatoms. The van der Waals surface area contributed by atoms with Crippen LogP contribution >= 0.6 is 11.3 Å². The van der Waals surface area contributed by atoms with Crippen LogP contribution in [0.3, 0.4) is 0 Å². The number of nitrogens with one attached hydrogen (secondary N) is 1. The number of benzene rings is 1. The second-order valence-corrected chi connectivity index (χ2v) is 7.15. The van der Waals surface area contributed by atoms with Crippen LogP contribution in [0.25, 0.3) is 10.6 Å². The highest BCUT2D eigenvalue weighted by Gasteiger charge is 2.19. The average Bonchev–Trinajstić information content (AvgIpc) is 3.31. The van der Waals surface area contributed by atoms with Gasteiger partial charge in [0.25, 0.3) is 0 Å². The normalized spacial score (nSPS) is 17.7. The molecule has 0 amide bonds. The van der Waals surface area contributed by atoms with Crippen molar-refractivity contribution in [1.29, 1.82) is 0 Å². The summed E-state index contributed by atoms with van der Waals surface area (Å²) >= 11 is 1.67. The lowest BCUT2D eigenvalue weighted by atomic mass is 10.1. The number of guanidine groups is 1. The molecule has 1 aliphatic heterocycles. The smallest absolute Gasteiger partial charge is 0.194 e. The first kappa shape index (κ1) is 17.9. The number of rotatable bonds is 6. The van der Waals surface area contributed by atoms with E-state index in [1.807, 2.05) is 18.2 Å². The molecule has 0 saturated carbocycles. The van der Waals surface area contributed by atoms with Gasteiger partial charge in [0.1, 0.15) is 5.01 Å². The van der Waals surface area contributed by atoms with Gasteiger partial charge in [0, 0.05) is 43.6 Å². The molecule has 1 aromatic heterocycles. The zero-order valence-corrected chi connectivity index (χ0v) is 15.8. The lowest BCUT2D eigenvalue weighted by molar-refractivity contribution is 0.181. The first-order chi connectivity index (χ1) is 12.3. The zero-order valence-electron chi connectivity index (χ0n) is 14.9. The number of nitrogens with zero attached hydrogens (tertiary/aromatic N) is 3. The second-order valence-electron chi connectivity index (χ2n) is 6.29. The van der Waals surface area contributed by atoms with Gasteiger partial charge in [-0.1, -0.05) is 30.3 Å². The van der Waals surface area contributed by atoms with Crippen LogP contribution in [-0.2, 0) is 11.3 Å². The van der Waals surface area contributed by atoms with E-state index in [1.54, 1.807) is 11.3 Å². The van der Waals surface area contributed by atoms with Gasteiger partial charge in [-0.3, -0.25) is 0 Å². The highest BCUT2D eigenvalue weighted by molar-refractivity contribution is 7.13. The maximum absolute atomic E-state index is 5.48. The molecule has 2 aromatic rings. The van der Waals surface area contributed by atoms with E-state index in [0.717, 1.165) is 54.9 Å². The monoisotopic (exact) mass is 358 g/mol. The topological polar surface area (TPSA) is 49.8 Å². The summed E-state index contributed by atoms with van der Waals surface area (Å²) < 4.78 is 5.48. The van der Waals surface area contributed by atoms with Gasteiger partial charge in [-0.25, -0.2) is 9.98 Å². The first-order valence-corrected chi connectivity index (χ1v) is 9.71. The third kappa shape index (κ3) is 5.03. The Labute approximate surface area is 153 Å². The zero-order chi connectivity index (χ0) is 17.5. The molecule has 1 fully saturated rings. The lowest BCUT2D eigenvalue weighted by Crippen LogP contribution is -2.41. The van der Waals surface area contributed by atoms with E-state index < -0.39 is 0 Å². The second kappa shape index (κ2) is 8.97. The van der Waals surface area contributed by atoms with Crippen molar-refractivity contribution in [3.8, 4) is 10.6 Å². The van der Waals surface area contributed by atoms with Crippen LogP contribution in [0.2, 0.25) is 0 Å². The Morgan fingerprint density at radius 3 is 2.96 bits per heavy atom. The van der Waals surface area contributed by atoms with Gasteiger partial charge >= 0.3 is 0 Å². The summed E-state index contributed by atoms with van der Waals surface area (Å²) in [5, 5.41) is 6.52. The molecule has 5 nitrogen and oxygen atoms in total. The molecular formula is C19H26N4OS. The van der Waals surface area contributed by atoms with Gasteiger partial charge in [0.05, 0.1) is 18.8 Å². The van der Waals surface area contributed by atoms with Crippen molar-refractivity contribution in [2.45, 2.75) is 19.9 Å². The summed E-state index contributed by atoms with van der Waals surface area (Å²) in [5.41, 5.74) is 2.17. The van der Waals surface area contributed by atoms with Crippen LogP contribution in [0.5, 0.6) is 0 Å². The molecule has 1 unspecified atom stereocenters. The van der Waals surface area contributed by atoms with E-state index in [1.165, 1.54) is 0 Å². The van der Waals surface area contributed by atoms with Gasteiger partial charge in [0.15, 0.2) is 5.96 Å². The van der Waals surface area contributed by atoms with E-state index in [9.17, 15) is 0 Å². The summed E-state index contributed by atoms with van der Waals surface area (Å²) in [6.45, 7) is 6.26. The van der Waals surface area contributed by atoms with Crippen molar-refractivity contribution in [2.75, 3.05) is 33.4 Å². The fourth-order valence-corrected chi connectivity index (χ4v) is 3.74. The molecule has 0 aliphatic carbocycles. The lowest BCUT2D eigenvalue weighted by Gasteiger charge is -2.24. The molecule has 2 heterocycles. The molecule has 1 atom stereocenters. The number of hydrogen-bond donors (Lipinski definition) is 1. The Balaban J connectivity index is 1.63. The molecule has 1 aromatic carbocycles. The Kier molecular flexibility index (Phi) is 6.42. The minimum atomic E-state index is 0.594. The number of hydrogen-bond acceptors (Lipinski definition) is 4. The summed E-state index contributed by atoms with van der Waals surface area (Å²) in [4.78, 5) is 11.7. The fourth-order valence-electron chi connectivity index (χ4n) is 2.92. The molecule has 1 aliphatic rings. The van der Waals surface area contributed by atoms with Crippen LogP contribution in [0.1, 0.15) is 19.0 Å². The van der Waals surface area contributed by atoms with Crippen molar-refractivity contribution in [1.82, 2.24) is 15.2 Å². The molecule has 1 saturated heterocycles. The van der Waals surface area contributed by atoms with E-state index in [-0.39, 0.29) is 0 Å². The van der Waals surface area contributed by atoms with Gasteiger partial charge in [-0.05, 0) is 13.3 Å². The molecule has 0 radical (unpaired) electrons. The standard InChI is InChI=1S/C19H26N4OS/c1-3-20-19(23(2)12-15-9-10-24-13-15)21-11-17-14-25-18(22-17)16-7-5-4-6-8-16/h4-8,14-15H,3,9-13H2,1-2H3,(H,20,21). The Hall–Kier alpha value is -1.92. The highest BCUT2D eigenvalue weighted by Crippen LogP contribution is 2.23. The minimum absolute atomic E-state index is 0.594. The predicted molar refractivity (Wildman–Crippen MR) is 104 cm³/mol. The number of aliphatic imine (C=N–C) groups is 1. The quantitative estimate of drug-likeness (QED) is 0.636. The Morgan fingerprint density at radius 2 is 2.24 bits per heavy atom. The Morgan fingerprint density at radius 1 is 1.40 bits per heavy atom. The summed E-state index contributed by atoms with van der Waals surface area (Å²) in [6.07, 6.45) is 1.14. The molecule has 134 valence electrons. The van der Waals surface area contributed by atoms with Crippen molar-refractivity contribution in [2.24, 2.45) is 10.9 Å². The maximum atomic E-state index is 5.48. The largest absolute Gasteiger partial charge is 0.381 e. The van der Waals surface area contributed by atoms with Crippen LogP contribution in [0, 0.1) is 5.92 Å². The van der Waals surface area contributed by atoms with Gasteiger partial charge in [-0.15, -0.1) is 11.3 Å². The van der Waals surface area contributed by atoms with Crippen molar-refractivity contribution < 1.29 is 4.74 Å². The SMILES string of the molecule is CCNC(=NCc1csc(-c2ccccc2)n1)N(C)CC1CCOC1. The number of thiazole rings is 1.